The summed E-state index contributed by atoms with van der Waals surface area (Å²) < 4.78 is 6.65. The quantitative estimate of drug-likeness (QED) is 0.335. The molecule has 0 radical (unpaired) electrons. The van der Waals surface area contributed by atoms with Gasteiger partial charge >= 0.3 is 0 Å². The minimum Gasteiger partial charge on any atom is -0.489 e. The van der Waals surface area contributed by atoms with E-state index >= 15 is 0 Å². The molecule has 2 amide bonds. The first kappa shape index (κ1) is 21.7. The Morgan fingerprint density at radius 2 is 1.61 bits per heavy atom. The summed E-state index contributed by atoms with van der Waals surface area (Å²) in [6.07, 6.45) is 1.72. The van der Waals surface area contributed by atoms with Crippen molar-refractivity contribution >= 4 is 56.5 Å². The summed E-state index contributed by atoms with van der Waals surface area (Å²) >= 11 is 10.6. The van der Waals surface area contributed by atoms with Crippen LogP contribution in [0.2, 0.25) is 5.02 Å². The van der Waals surface area contributed by atoms with Gasteiger partial charge in [0.15, 0.2) is 0 Å². The number of carbonyl (C=O) groups excluding carboxylic acids is 2. The molecule has 0 saturated carbocycles. The number of hydrogen-bond donors (Lipinski definition) is 0. The van der Waals surface area contributed by atoms with Gasteiger partial charge in [-0.3, -0.25) is 14.5 Å². The fraction of sp³-hybridized carbons (Fsp3) is 0.0833. The van der Waals surface area contributed by atoms with Crippen molar-refractivity contribution < 1.29 is 14.3 Å². The topological polar surface area (TPSA) is 46.6 Å². The highest BCUT2D eigenvalue weighted by atomic mass is 79.9. The number of amides is 2. The third kappa shape index (κ3) is 5.21. The second-order valence-corrected chi connectivity index (χ2v) is 9.06. The zero-order chi connectivity index (χ0) is 21.8. The van der Waals surface area contributed by atoms with E-state index in [2.05, 4.69) is 15.9 Å². The van der Waals surface area contributed by atoms with E-state index in [0.717, 1.165) is 32.9 Å². The number of hydrogen-bond acceptors (Lipinski definition) is 4. The summed E-state index contributed by atoms with van der Waals surface area (Å²) in [6, 6.07) is 22.4. The van der Waals surface area contributed by atoms with Gasteiger partial charge in [0.25, 0.3) is 11.1 Å². The molecule has 0 unspecified atom stereocenters. The van der Waals surface area contributed by atoms with Crippen LogP contribution in [0.15, 0.2) is 82.2 Å². The summed E-state index contributed by atoms with van der Waals surface area (Å²) in [4.78, 5) is 26.8. The van der Waals surface area contributed by atoms with Crippen LogP contribution in [0.5, 0.6) is 5.75 Å². The number of imide groups is 1. The Hall–Kier alpha value is -2.54. The highest BCUT2D eigenvalue weighted by Crippen LogP contribution is 2.34. The number of rotatable bonds is 6. The zero-order valence-electron chi connectivity index (χ0n) is 16.3. The monoisotopic (exact) mass is 513 g/mol. The molecule has 0 aliphatic carbocycles. The molecule has 4 rings (SSSR count). The van der Waals surface area contributed by atoms with Crippen molar-refractivity contribution in [1.29, 1.82) is 0 Å². The molecule has 7 heteroatoms. The van der Waals surface area contributed by atoms with Gasteiger partial charge in [-0.25, -0.2) is 0 Å². The van der Waals surface area contributed by atoms with Crippen molar-refractivity contribution in [2.24, 2.45) is 0 Å². The van der Waals surface area contributed by atoms with E-state index in [0.29, 0.717) is 22.3 Å². The molecule has 0 N–H and O–H groups in total. The maximum atomic E-state index is 12.8. The minimum atomic E-state index is -0.287. The lowest BCUT2D eigenvalue weighted by molar-refractivity contribution is -0.123. The van der Waals surface area contributed by atoms with Crippen LogP contribution in [0.1, 0.15) is 16.7 Å². The van der Waals surface area contributed by atoms with E-state index in [1.165, 1.54) is 4.90 Å². The van der Waals surface area contributed by atoms with E-state index in [1.54, 1.807) is 6.08 Å². The first-order chi connectivity index (χ1) is 15.0. The fourth-order valence-corrected chi connectivity index (χ4v) is 4.46. The van der Waals surface area contributed by atoms with Crippen LogP contribution < -0.4 is 4.74 Å². The lowest BCUT2D eigenvalue weighted by Crippen LogP contribution is -2.27. The van der Waals surface area contributed by atoms with Crippen LogP contribution in [0.25, 0.3) is 6.08 Å². The predicted octanol–water partition coefficient (Wildman–Crippen LogP) is 6.92. The number of ether oxygens (including phenoxy) is 1. The van der Waals surface area contributed by atoms with Gasteiger partial charge in [-0.1, -0.05) is 76.1 Å². The van der Waals surface area contributed by atoms with Crippen LogP contribution >= 0.6 is 39.3 Å². The molecule has 0 spiro atoms. The Bertz CT molecular complexity index is 1160. The molecule has 1 fully saturated rings. The molecule has 1 heterocycles. The maximum Gasteiger partial charge on any atom is 0.293 e. The van der Waals surface area contributed by atoms with E-state index in [9.17, 15) is 9.59 Å². The molecular weight excluding hydrogens is 498 g/mol. The molecule has 3 aromatic carbocycles. The molecule has 31 heavy (non-hydrogen) atoms. The fourth-order valence-electron chi connectivity index (χ4n) is 3.02. The van der Waals surface area contributed by atoms with E-state index < -0.39 is 0 Å². The SMILES string of the molecule is O=C1S/C(=C\c2ccc(OCc3ccccc3Cl)cc2)C(=O)N1Cc1ccccc1Br. The Labute approximate surface area is 198 Å². The van der Waals surface area contributed by atoms with E-state index in [1.807, 2.05) is 72.8 Å². The van der Waals surface area contributed by atoms with Gasteiger partial charge in [-0.05, 0) is 53.2 Å². The van der Waals surface area contributed by atoms with Gasteiger partial charge in [-0.2, -0.15) is 0 Å². The van der Waals surface area contributed by atoms with Gasteiger partial charge in [0.05, 0.1) is 11.4 Å². The average Bonchev–Trinajstić information content (AvgIpc) is 3.03. The summed E-state index contributed by atoms with van der Waals surface area (Å²) in [6.45, 7) is 0.602. The second-order valence-electron chi connectivity index (χ2n) is 6.81. The van der Waals surface area contributed by atoms with Crippen LogP contribution in [0.3, 0.4) is 0 Å². The predicted molar refractivity (Wildman–Crippen MR) is 128 cm³/mol. The Morgan fingerprint density at radius 1 is 0.935 bits per heavy atom. The lowest BCUT2D eigenvalue weighted by Gasteiger charge is -2.13. The third-order valence-electron chi connectivity index (χ3n) is 4.69. The molecule has 4 nitrogen and oxygen atoms in total. The number of nitrogens with zero attached hydrogens (tertiary/aromatic N) is 1. The summed E-state index contributed by atoms with van der Waals surface area (Å²) in [5.74, 6) is 0.406. The van der Waals surface area contributed by atoms with Crippen LogP contribution in [-0.4, -0.2) is 16.0 Å². The Kier molecular flexibility index (Phi) is 6.80. The largest absolute Gasteiger partial charge is 0.489 e. The van der Waals surface area contributed by atoms with Crippen molar-refractivity contribution in [2.75, 3.05) is 0 Å². The van der Waals surface area contributed by atoms with Gasteiger partial charge in [0.2, 0.25) is 0 Å². The molecule has 156 valence electrons. The lowest BCUT2D eigenvalue weighted by atomic mass is 10.2. The van der Waals surface area contributed by atoms with Crippen molar-refractivity contribution in [3.8, 4) is 5.75 Å². The maximum absolute atomic E-state index is 12.8. The standard InChI is InChI=1S/C24H17BrClNO3S/c25-20-7-3-1-5-17(20)14-27-23(28)22(31-24(27)29)13-16-9-11-19(12-10-16)30-15-18-6-2-4-8-21(18)26/h1-13H,14-15H2/b22-13-. The number of halogens is 2. The molecule has 0 aromatic heterocycles. The molecule has 1 saturated heterocycles. The van der Waals surface area contributed by atoms with Crippen LogP contribution in [-0.2, 0) is 17.9 Å². The van der Waals surface area contributed by atoms with Gasteiger partial charge in [-0.15, -0.1) is 0 Å². The molecule has 3 aromatic rings. The smallest absolute Gasteiger partial charge is 0.293 e. The van der Waals surface area contributed by atoms with Crippen LogP contribution in [0, 0.1) is 0 Å². The summed E-state index contributed by atoms with van der Waals surface area (Å²) in [5, 5.41) is 0.393. The van der Waals surface area contributed by atoms with Crippen molar-refractivity contribution in [3.63, 3.8) is 0 Å². The highest BCUT2D eigenvalue weighted by molar-refractivity contribution is 9.10. The second kappa shape index (κ2) is 9.73. The van der Waals surface area contributed by atoms with Gasteiger partial charge in [0.1, 0.15) is 12.4 Å². The van der Waals surface area contributed by atoms with Crippen molar-refractivity contribution in [2.45, 2.75) is 13.2 Å². The van der Waals surface area contributed by atoms with E-state index in [4.69, 9.17) is 16.3 Å². The Morgan fingerprint density at radius 3 is 2.32 bits per heavy atom. The van der Waals surface area contributed by atoms with Crippen molar-refractivity contribution in [3.05, 3.63) is 104 Å². The molecule has 1 aliphatic heterocycles. The van der Waals surface area contributed by atoms with E-state index in [-0.39, 0.29) is 17.7 Å². The summed E-state index contributed by atoms with van der Waals surface area (Å²) in [5.41, 5.74) is 2.61. The summed E-state index contributed by atoms with van der Waals surface area (Å²) in [7, 11) is 0. The first-order valence-corrected chi connectivity index (χ1v) is 11.4. The first-order valence-electron chi connectivity index (χ1n) is 9.46. The normalized spacial score (nSPS) is 15.0. The van der Waals surface area contributed by atoms with Crippen LogP contribution in [0.4, 0.5) is 4.79 Å². The molecule has 0 bridgehead atoms. The molecule has 1 aliphatic rings. The molecule has 0 atom stereocenters. The molecular formula is C24H17BrClNO3S. The number of benzene rings is 3. The number of thioether (sulfide) groups is 1. The third-order valence-corrected chi connectivity index (χ3v) is 6.74. The highest BCUT2D eigenvalue weighted by Gasteiger charge is 2.35. The van der Waals surface area contributed by atoms with Gasteiger partial charge in [0, 0.05) is 15.1 Å². The average molecular weight is 515 g/mol. The zero-order valence-corrected chi connectivity index (χ0v) is 19.4. The Balaban J connectivity index is 1.42. The van der Waals surface area contributed by atoms with Crippen molar-refractivity contribution in [1.82, 2.24) is 4.90 Å². The number of carbonyl (C=O) groups is 2. The minimum absolute atomic E-state index is 0.234. The van der Waals surface area contributed by atoms with Gasteiger partial charge < -0.3 is 4.74 Å².